The second-order valence-corrected chi connectivity index (χ2v) is 6.00. The summed E-state index contributed by atoms with van der Waals surface area (Å²) in [5, 5.41) is 0. The summed E-state index contributed by atoms with van der Waals surface area (Å²) >= 11 is 0. The predicted octanol–water partition coefficient (Wildman–Crippen LogP) is 1.85. The van der Waals surface area contributed by atoms with Gasteiger partial charge in [0.05, 0.1) is 4.90 Å². The van der Waals surface area contributed by atoms with Crippen molar-refractivity contribution in [2.75, 3.05) is 13.6 Å². The molecule has 0 unspecified atom stereocenters. The number of rotatable bonds is 3. The predicted molar refractivity (Wildman–Crippen MR) is 62.1 cm³/mol. The second-order valence-electron chi connectivity index (χ2n) is 3.43. The van der Waals surface area contributed by atoms with Crippen LogP contribution in [0.2, 0.25) is 0 Å². The number of amides is 1. The summed E-state index contributed by atoms with van der Waals surface area (Å²) in [4.78, 5) is 12.6. The molecule has 1 rings (SSSR count). The van der Waals surface area contributed by atoms with Gasteiger partial charge < -0.3 is 4.90 Å². The molecule has 0 aliphatic heterocycles. The maximum absolute atomic E-state index is 13.2. The average Bonchev–Trinajstić information content (AvgIpc) is 2.25. The standard InChI is InChI=1S/C10H11ClFNO3S/c1-3-13(2)10(14)7-4-8(12)6-9(5-7)17(11,15)16/h4-6H,3H2,1-2H3. The largest absolute Gasteiger partial charge is 0.342 e. The highest BCUT2D eigenvalue weighted by Gasteiger charge is 2.17. The van der Waals surface area contributed by atoms with E-state index in [2.05, 4.69) is 0 Å². The molecule has 94 valence electrons. The number of hydrogen-bond acceptors (Lipinski definition) is 3. The lowest BCUT2D eigenvalue weighted by atomic mass is 10.2. The van der Waals surface area contributed by atoms with Crippen molar-refractivity contribution in [3.8, 4) is 0 Å². The summed E-state index contributed by atoms with van der Waals surface area (Å²) in [7, 11) is 2.58. The summed E-state index contributed by atoms with van der Waals surface area (Å²) in [6.45, 7) is 2.18. The molecule has 0 N–H and O–H groups in total. The van der Waals surface area contributed by atoms with E-state index in [1.165, 1.54) is 11.9 Å². The van der Waals surface area contributed by atoms with Gasteiger partial charge in [0.25, 0.3) is 15.0 Å². The Kier molecular flexibility index (Phi) is 4.11. The van der Waals surface area contributed by atoms with Crippen LogP contribution in [0.3, 0.4) is 0 Å². The van der Waals surface area contributed by atoms with Crippen LogP contribution in [0.1, 0.15) is 17.3 Å². The number of carbonyl (C=O) groups excluding carboxylic acids is 1. The number of halogens is 2. The maximum atomic E-state index is 13.2. The summed E-state index contributed by atoms with van der Waals surface area (Å²) in [6.07, 6.45) is 0. The van der Waals surface area contributed by atoms with Crippen molar-refractivity contribution in [2.24, 2.45) is 0 Å². The first-order valence-corrected chi connectivity index (χ1v) is 7.07. The normalized spacial score (nSPS) is 11.3. The van der Waals surface area contributed by atoms with Crippen molar-refractivity contribution in [2.45, 2.75) is 11.8 Å². The molecule has 0 aliphatic carbocycles. The van der Waals surface area contributed by atoms with Gasteiger partial charge in [0.1, 0.15) is 5.82 Å². The third-order valence-corrected chi connectivity index (χ3v) is 3.55. The Hall–Kier alpha value is -1.14. The molecule has 1 aromatic carbocycles. The van der Waals surface area contributed by atoms with E-state index >= 15 is 0 Å². The minimum Gasteiger partial charge on any atom is -0.342 e. The molecular formula is C10H11ClFNO3S. The molecule has 17 heavy (non-hydrogen) atoms. The Bertz CT molecular complexity index is 544. The van der Waals surface area contributed by atoms with E-state index in [0.717, 1.165) is 18.2 Å². The van der Waals surface area contributed by atoms with Crippen LogP contribution in [-0.2, 0) is 9.05 Å². The van der Waals surface area contributed by atoms with Crippen molar-refractivity contribution in [1.82, 2.24) is 4.90 Å². The van der Waals surface area contributed by atoms with E-state index in [-0.39, 0.29) is 5.56 Å². The summed E-state index contributed by atoms with van der Waals surface area (Å²) < 4.78 is 35.3. The fourth-order valence-corrected chi connectivity index (χ4v) is 1.98. The minimum atomic E-state index is -4.05. The molecule has 7 heteroatoms. The molecule has 0 aromatic heterocycles. The molecule has 0 atom stereocenters. The zero-order valence-corrected chi connectivity index (χ0v) is 10.8. The zero-order valence-electron chi connectivity index (χ0n) is 9.28. The number of carbonyl (C=O) groups is 1. The number of nitrogens with zero attached hydrogens (tertiary/aromatic N) is 1. The highest BCUT2D eigenvalue weighted by Crippen LogP contribution is 2.19. The molecule has 0 spiro atoms. The second kappa shape index (κ2) is 5.01. The van der Waals surface area contributed by atoms with Crippen molar-refractivity contribution in [3.63, 3.8) is 0 Å². The fraction of sp³-hybridized carbons (Fsp3) is 0.300. The highest BCUT2D eigenvalue weighted by atomic mass is 35.7. The molecule has 0 fully saturated rings. The van der Waals surface area contributed by atoms with Gasteiger partial charge in [0.2, 0.25) is 0 Å². The number of hydrogen-bond donors (Lipinski definition) is 0. The van der Waals surface area contributed by atoms with Crippen LogP contribution in [0, 0.1) is 5.82 Å². The van der Waals surface area contributed by atoms with Gasteiger partial charge in [-0.1, -0.05) is 0 Å². The molecule has 4 nitrogen and oxygen atoms in total. The minimum absolute atomic E-state index is 0.0476. The lowest BCUT2D eigenvalue weighted by Gasteiger charge is -2.14. The third-order valence-electron chi connectivity index (χ3n) is 2.22. The zero-order chi connectivity index (χ0) is 13.2. The van der Waals surface area contributed by atoms with Crippen molar-refractivity contribution < 1.29 is 17.6 Å². The SMILES string of the molecule is CCN(C)C(=O)c1cc(F)cc(S(=O)(=O)Cl)c1. The molecule has 0 heterocycles. The topological polar surface area (TPSA) is 54.5 Å². The smallest absolute Gasteiger partial charge is 0.261 e. The Labute approximate surface area is 103 Å². The van der Waals surface area contributed by atoms with E-state index in [4.69, 9.17) is 10.7 Å². The molecule has 1 aromatic rings. The van der Waals surface area contributed by atoms with Crippen molar-refractivity contribution in [3.05, 3.63) is 29.6 Å². The summed E-state index contributed by atoms with van der Waals surface area (Å²) in [5.74, 6) is -1.28. The highest BCUT2D eigenvalue weighted by molar-refractivity contribution is 8.13. The molecule has 0 saturated carbocycles. The quantitative estimate of drug-likeness (QED) is 0.794. The van der Waals surface area contributed by atoms with Crippen LogP contribution >= 0.6 is 10.7 Å². The summed E-state index contributed by atoms with van der Waals surface area (Å²) in [6, 6.07) is 2.80. The van der Waals surface area contributed by atoms with E-state index in [1.54, 1.807) is 6.92 Å². The molecule has 0 radical (unpaired) electrons. The fourth-order valence-electron chi connectivity index (χ4n) is 1.19. The van der Waals surface area contributed by atoms with Crippen molar-refractivity contribution in [1.29, 1.82) is 0 Å². The molecule has 0 aliphatic rings. The Balaban J connectivity index is 3.28. The van der Waals surface area contributed by atoms with Crippen LogP contribution in [0.4, 0.5) is 4.39 Å². The Morgan fingerprint density at radius 3 is 2.47 bits per heavy atom. The summed E-state index contributed by atoms with van der Waals surface area (Å²) in [5.41, 5.74) is -0.0476. The maximum Gasteiger partial charge on any atom is 0.261 e. The lowest BCUT2D eigenvalue weighted by Crippen LogP contribution is -2.26. The third kappa shape index (κ3) is 3.41. The van der Waals surface area contributed by atoms with Gasteiger partial charge in [-0.15, -0.1) is 0 Å². The van der Waals surface area contributed by atoms with Crippen LogP contribution in [0.5, 0.6) is 0 Å². The van der Waals surface area contributed by atoms with Gasteiger partial charge in [0, 0.05) is 29.8 Å². The first kappa shape index (κ1) is 13.9. The monoisotopic (exact) mass is 279 g/mol. The van der Waals surface area contributed by atoms with E-state index in [0.29, 0.717) is 6.54 Å². The van der Waals surface area contributed by atoms with Gasteiger partial charge in [-0.25, -0.2) is 12.8 Å². The van der Waals surface area contributed by atoms with Gasteiger partial charge in [-0.2, -0.15) is 0 Å². The van der Waals surface area contributed by atoms with E-state index in [1.807, 2.05) is 0 Å². The molecule has 0 saturated heterocycles. The molecular weight excluding hydrogens is 269 g/mol. The number of benzene rings is 1. The van der Waals surface area contributed by atoms with Crippen molar-refractivity contribution >= 4 is 25.6 Å². The Morgan fingerprint density at radius 2 is 2.00 bits per heavy atom. The van der Waals surface area contributed by atoms with Gasteiger partial charge in [-0.05, 0) is 25.1 Å². The van der Waals surface area contributed by atoms with Crippen LogP contribution in [-0.4, -0.2) is 32.8 Å². The Morgan fingerprint density at radius 1 is 1.41 bits per heavy atom. The van der Waals surface area contributed by atoms with Gasteiger partial charge in [0.15, 0.2) is 0 Å². The molecule has 0 bridgehead atoms. The molecule has 1 amide bonds. The first-order chi connectivity index (χ1) is 7.75. The van der Waals surface area contributed by atoms with Gasteiger partial charge >= 0.3 is 0 Å². The first-order valence-electron chi connectivity index (χ1n) is 4.76. The lowest BCUT2D eigenvalue weighted by molar-refractivity contribution is 0.0801. The van der Waals surface area contributed by atoms with E-state index in [9.17, 15) is 17.6 Å². The van der Waals surface area contributed by atoms with Crippen LogP contribution < -0.4 is 0 Å². The van der Waals surface area contributed by atoms with E-state index < -0.39 is 25.7 Å². The average molecular weight is 280 g/mol. The van der Waals surface area contributed by atoms with Gasteiger partial charge in [-0.3, -0.25) is 4.79 Å². The van der Waals surface area contributed by atoms with Crippen LogP contribution in [0.25, 0.3) is 0 Å². The van der Waals surface area contributed by atoms with Crippen LogP contribution in [0.15, 0.2) is 23.1 Å².